The molecule has 0 unspecified atom stereocenters. The maximum absolute atomic E-state index is 10.8. The number of fused-ring (bicyclic) bond motifs is 1. The lowest BCUT2D eigenvalue weighted by Crippen LogP contribution is -2.42. The minimum atomic E-state index is -0.572. The van der Waals surface area contributed by atoms with Gasteiger partial charge >= 0.3 is 6.03 Å². The van der Waals surface area contributed by atoms with E-state index in [1.165, 1.54) is 0 Å². The van der Waals surface area contributed by atoms with Crippen molar-refractivity contribution < 1.29 is 13.9 Å². The highest BCUT2D eigenvalue weighted by Crippen LogP contribution is 2.30. The SMILES string of the molecule is COc1cccc2oc(NNC(=O)NN)cc12. The lowest BCUT2D eigenvalue weighted by molar-refractivity contribution is 0.243. The van der Waals surface area contributed by atoms with Gasteiger partial charge in [-0.15, -0.1) is 0 Å². The third kappa shape index (κ3) is 2.23. The number of benzene rings is 1. The van der Waals surface area contributed by atoms with E-state index in [4.69, 9.17) is 15.0 Å². The van der Waals surface area contributed by atoms with Crippen molar-refractivity contribution in [3.8, 4) is 5.75 Å². The second-order valence-corrected chi connectivity index (χ2v) is 3.21. The average Bonchev–Trinajstić information content (AvgIpc) is 2.78. The maximum Gasteiger partial charge on any atom is 0.347 e. The second-order valence-electron chi connectivity index (χ2n) is 3.21. The molecule has 0 saturated heterocycles. The summed E-state index contributed by atoms with van der Waals surface area (Å²) in [5, 5.41) is 0.812. The zero-order valence-electron chi connectivity index (χ0n) is 9.11. The second kappa shape index (κ2) is 4.62. The standard InChI is InChI=1S/C10H12N4O3/c1-16-7-3-2-4-8-6(7)5-9(17-8)13-14-10(15)12-11/h2-5,13H,11H2,1H3,(H2,12,14,15). The molecule has 0 aliphatic carbocycles. The number of hydrogen-bond acceptors (Lipinski definition) is 5. The highest BCUT2D eigenvalue weighted by Gasteiger charge is 2.08. The molecule has 0 aliphatic rings. The van der Waals surface area contributed by atoms with Crippen molar-refractivity contribution >= 4 is 22.9 Å². The number of ether oxygens (including phenoxy) is 1. The normalized spacial score (nSPS) is 10.0. The summed E-state index contributed by atoms with van der Waals surface area (Å²) in [5.74, 6) is 5.98. The van der Waals surface area contributed by atoms with Crippen LogP contribution in [0.2, 0.25) is 0 Å². The number of nitrogens with two attached hydrogens (primary N) is 1. The summed E-state index contributed by atoms with van der Waals surface area (Å²) >= 11 is 0. The summed E-state index contributed by atoms with van der Waals surface area (Å²) in [4.78, 5) is 10.8. The van der Waals surface area contributed by atoms with Crippen molar-refractivity contribution in [2.45, 2.75) is 0 Å². The first-order valence-corrected chi connectivity index (χ1v) is 4.83. The largest absolute Gasteiger partial charge is 0.496 e. The van der Waals surface area contributed by atoms with Crippen LogP contribution in [0.5, 0.6) is 5.75 Å². The number of hydrogen-bond donors (Lipinski definition) is 4. The van der Waals surface area contributed by atoms with Gasteiger partial charge < -0.3 is 9.15 Å². The third-order valence-corrected chi connectivity index (χ3v) is 2.17. The summed E-state index contributed by atoms with van der Waals surface area (Å²) < 4.78 is 10.6. The highest BCUT2D eigenvalue weighted by molar-refractivity contribution is 5.87. The van der Waals surface area contributed by atoms with Crippen LogP contribution in [0.4, 0.5) is 10.7 Å². The van der Waals surface area contributed by atoms with Crippen LogP contribution in [-0.4, -0.2) is 13.1 Å². The number of anilines is 1. The molecule has 0 atom stereocenters. The van der Waals surface area contributed by atoms with Crippen molar-refractivity contribution in [2.24, 2.45) is 5.84 Å². The molecule has 90 valence electrons. The number of rotatable bonds is 3. The van der Waals surface area contributed by atoms with Crippen molar-refractivity contribution in [1.82, 2.24) is 10.9 Å². The topological polar surface area (TPSA) is 102 Å². The van der Waals surface area contributed by atoms with Gasteiger partial charge in [0.05, 0.1) is 12.5 Å². The average molecular weight is 236 g/mol. The number of methoxy groups -OCH3 is 1. The minimum absolute atomic E-state index is 0.383. The van der Waals surface area contributed by atoms with Crippen molar-refractivity contribution in [3.63, 3.8) is 0 Å². The van der Waals surface area contributed by atoms with Gasteiger partial charge in [0.25, 0.3) is 0 Å². The molecular weight excluding hydrogens is 224 g/mol. The predicted molar refractivity (Wildman–Crippen MR) is 62.2 cm³/mol. The van der Waals surface area contributed by atoms with E-state index < -0.39 is 6.03 Å². The number of carbonyl (C=O) groups is 1. The molecule has 7 heteroatoms. The summed E-state index contributed by atoms with van der Waals surface area (Å²) in [5.41, 5.74) is 7.43. The van der Waals surface area contributed by atoms with Gasteiger partial charge in [-0.1, -0.05) is 6.07 Å². The molecule has 0 radical (unpaired) electrons. The Kier molecular flexibility index (Phi) is 3.01. The Bertz CT molecular complexity index is 537. The molecule has 1 aromatic heterocycles. The minimum Gasteiger partial charge on any atom is -0.496 e. The molecule has 17 heavy (non-hydrogen) atoms. The number of carbonyl (C=O) groups excluding carboxylic acids is 1. The van der Waals surface area contributed by atoms with Crippen LogP contribution in [0.3, 0.4) is 0 Å². The Morgan fingerprint density at radius 2 is 2.29 bits per heavy atom. The predicted octanol–water partition coefficient (Wildman–Crippen LogP) is 0.941. The van der Waals surface area contributed by atoms with Gasteiger partial charge in [0.15, 0.2) is 0 Å². The number of furan rings is 1. The first-order valence-electron chi connectivity index (χ1n) is 4.83. The third-order valence-electron chi connectivity index (χ3n) is 2.17. The molecule has 2 aromatic rings. The highest BCUT2D eigenvalue weighted by atomic mass is 16.5. The molecule has 2 rings (SSSR count). The Balaban J connectivity index is 2.22. The van der Waals surface area contributed by atoms with E-state index in [-0.39, 0.29) is 0 Å². The molecule has 1 aromatic carbocycles. The van der Waals surface area contributed by atoms with Gasteiger partial charge in [-0.05, 0) is 12.1 Å². The Morgan fingerprint density at radius 3 is 3.00 bits per heavy atom. The fourth-order valence-electron chi connectivity index (χ4n) is 1.43. The molecule has 0 aliphatic heterocycles. The lowest BCUT2D eigenvalue weighted by Gasteiger charge is -2.03. The van der Waals surface area contributed by atoms with E-state index in [1.54, 1.807) is 19.2 Å². The van der Waals surface area contributed by atoms with E-state index in [9.17, 15) is 4.79 Å². The van der Waals surface area contributed by atoms with Crippen LogP contribution >= 0.6 is 0 Å². The molecule has 0 saturated carbocycles. The zero-order valence-corrected chi connectivity index (χ0v) is 9.11. The van der Waals surface area contributed by atoms with Gasteiger partial charge in [0, 0.05) is 6.07 Å². The Hall–Kier alpha value is -2.41. The van der Waals surface area contributed by atoms with E-state index in [2.05, 4.69) is 10.9 Å². The van der Waals surface area contributed by atoms with Gasteiger partial charge in [-0.25, -0.2) is 16.1 Å². The van der Waals surface area contributed by atoms with Crippen LogP contribution in [0.1, 0.15) is 0 Å². The van der Waals surface area contributed by atoms with Crippen LogP contribution in [0, 0.1) is 0 Å². The van der Waals surface area contributed by atoms with Crippen LogP contribution in [-0.2, 0) is 0 Å². The number of urea groups is 1. The smallest absolute Gasteiger partial charge is 0.347 e. The van der Waals surface area contributed by atoms with Gasteiger partial charge in [-0.2, -0.15) is 0 Å². The fourth-order valence-corrected chi connectivity index (χ4v) is 1.43. The van der Waals surface area contributed by atoms with Crippen molar-refractivity contribution in [2.75, 3.05) is 12.5 Å². The quantitative estimate of drug-likeness (QED) is 0.361. The number of hydrazine groups is 2. The molecule has 5 N–H and O–H groups in total. The van der Waals surface area contributed by atoms with Crippen molar-refractivity contribution in [3.05, 3.63) is 24.3 Å². The summed E-state index contributed by atoms with van der Waals surface area (Å²) in [6.45, 7) is 0. The monoisotopic (exact) mass is 236 g/mol. The van der Waals surface area contributed by atoms with Crippen LogP contribution in [0.15, 0.2) is 28.7 Å². The van der Waals surface area contributed by atoms with E-state index in [0.29, 0.717) is 17.2 Å². The van der Waals surface area contributed by atoms with Gasteiger partial charge in [0.1, 0.15) is 11.3 Å². The summed E-state index contributed by atoms with van der Waals surface area (Å²) in [6, 6.07) is 6.57. The molecule has 1 heterocycles. The molecule has 0 fully saturated rings. The zero-order chi connectivity index (χ0) is 12.3. The maximum atomic E-state index is 10.8. The van der Waals surface area contributed by atoms with Crippen LogP contribution < -0.4 is 26.9 Å². The van der Waals surface area contributed by atoms with E-state index >= 15 is 0 Å². The number of amides is 2. The first-order chi connectivity index (χ1) is 8.24. The Morgan fingerprint density at radius 1 is 1.47 bits per heavy atom. The van der Waals surface area contributed by atoms with Crippen molar-refractivity contribution in [1.29, 1.82) is 0 Å². The fraction of sp³-hybridized carbons (Fsp3) is 0.100. The van der Waals surface area contributed by atoms with E-state index in [0.717, 1.165) is 5.39 Å². The summed E-state index contributed by atoms with van der Waals surface area (Å²) in [7, 11) is 1.58. The van der Waals surface area contributed by atoms with Gasteiger partial charge in [-0.3, -0.25) is 10.9 Å². The first kappa shape index (κ1) is 11.1. The van der Waals surface area contributed by atoms with Gasteiger partial charge in [0.2, 0.25) is 5.88 Å². The van der Waals surface area contributed by atoms with Crippen LogP contribution in [0.25, 0.3) is 11.0 Å². The Labute approximate surface area is 96.8 Å². The number of nitrogens with one attached hydrogen (secondary N) is 3. The molecule has 0 bridgehead atoms. The van der Waals surface area contributed by atoms with E-state index in [1.807, 2.05) is 17.6 Å². The summed E-state index contributed by atoms with van der Waals surface area (Å²) in [6.07, 6.45) is 0. The molecule has 2 amide bonds. The molecule has 0 spiro atoms. The molecular formula is C10H12N4O3. The lowest BCUT2D eigenvalue weighted by atomic mass is 10.2. The molecule has 7 nitrogen and oxygen atoms in total.